The van der Waals surface area contributed by atoms with Gasteiger partial charge >= 0.3 is 0 Å². The van der Waals surface area contributed by atoms with Gasteiger partial charge in [-0.3, -0.25) is 4.79 Å². The predicted octanol–water partition coefficient (Wildman–Crippen LogP) is 0.262. The van der Waals surface area contributed by atoms with Crippen molar-refractivity contribution in [2.45, 2.75) is 18.8 Å². The van der Waals surface area contributed by atoms with E-state index in [1.807, 2.05) is 11.6 Å². The third-order valence-corrected chi connectivity index (χ3v) is 2.06. The quantitative estimate of drug-likeness (QED) is 0.578. The van der Waals surface area contributed by atoms with Gasteiger partial charge in [0.05, 0.1) is 0 Å². The molecule has 0 aromatic carbocycles. The highest BCUT2D eigenvalue weighted by Crippen LogP contribution is 2.31. The van der Waals surface area contributed by atoms with Crippen molar-refractivity contribution in [3.63, 3.8) is 0 Å². The summed E-state index contributed by atoms with van der Waals surface area (Å²) in [6, 6.07) is 0. The fourth-order valence-electron chi connectivity index (χ4n) is 1.33. The molecule has 1 aliphatic rings. The Morgan fingerprint density at radius 1 is 1.64 bits per heavy atom. The molecule has 1 aromatic heterocycles. The van der Waals surface area contributed by atoms with E-state index in [-0.39, 0.29) is 0 Å². The van der Waals surface area contributed by atoms with Gasteiger partial charge in [0.1, 0.15) is 17.9 Å². The Bertz CT molecular complexity index is 284. The van der Waals surface area contributed by atoms with Gasteiger partial charge in [-0.2, -0.15) is 0 Å². The molecule has 0 amide bonds. The average molecular weight is 151 g/mol. The third-order valence-electron chi connectivity index (χ3n) is 2.06. The largest absolute Gasteiger partial charge is 0.320 e. The van der Waals surface area contributed by atoms with Crippen molar-refractivity contribution in [2.75, 3.05) is 0 Å². The molecule has 0 unspecified atom stereocenters. The van der Waals surface area contributed by atoms with E-state index < -0.39 is 0 Å². The summed E-state index contributed by atoms with van der Waals surface area (Å²) < 4.78 is 1.87. The molecular formula is C7H9N3O. The van der Waals surface area contributed by atoms with Crippen molar-refractivity contribution in [1.82, 2.24) is 14.8 Å². The SMILES string of the molecule is Cn1cnnc1C1CC(=O)C1. The average Bonchev–Trinajstić information content (AvgIpc) is 2.29. The van der Waals surface area contributed by atoms with Crippen molar-refractivity contribution < 1.29 is 4.79 Å². The molecule has 0 saturated heterocycles. The second-order valence-electron chi connectivity index (χ2n) is 2.94. The van der Waals surface area contributed by atoms with Crippen LogP contribution in [0.25, 0.3) is 0 Å². The number of carbonyl (C=O) groups excluding carboxylic acids is 1. The number of ketones is 1. The molecule has 1 heterocycles. The fraction of sp³-hybridized carbons (Fsp3) is 0.571. The van der Waals surface area contributed by atoms with Crippen molar-refractivity contribution in [2.24, 2.45) is 7.05 Å². The molecule has 0 spiro atoms. The molecule has 1 fully saturated rings. The summed E-state index contributed by atoms with van der Waals surface area (Å²) >= 11 is 0. The first-order valence-electron chi connectivity index (χ1n) is 3.63. The Kier molecular flexibility index (Phi) is 1.27. The second kappa shape index (κ2) is 2.15. The van der Waals surface area contributed by atoms with E-state index >= 15 is 0 Å². The van der Waals surface area contributed by atoms with E-state index in [0.717, 1.165) is 5.82 Å². The monoisotopic (exact) mass is 151 g/mol. The number of carbonyl (C=O) groups is 1. The molecule has 1 aromatic rings. The first-order chi connectivity index (χ1) is 5.27. The lowest BCUT2D eigenvalue weighted by Gasteiger charge is -2.22. The van der Waals surface area contributed by atoms with Crippen LogP contribution < -0.4 is 0 Å². The maximum atomic E-state index is 10.7. The zero-order chi connectivity index (χ0) is 7.84. The van der Waals surface area contributed by atoms with Gasteiger partial charge in [0.25, 0.3) is 0 Å². The van der Waals surface area contributed by atoms with Gasteiger partial charge in [-0.05, 0) is 0 Å². The van der Waals surface area contributed by atoms with Gasteiger partial charge in [0.15, 0.2) is 0 Å². The molecule has 0 aliphatic heterocycles. The van der Waals surface area contributed by atoms with Gasteiger partial charge in [0, 0.05) is 25.8 Å². The standard InChI is InChI=1S/C7H9N3O/c1-10-4-8-9-7(10)5-2-6(11)3-5/h4-5H,2-3H2,1H3. The lowest BCUT2D eigenvalue weighted by atomic mass is 9.83. The highest BCUT2D eigenvalue weighted by Gasteiger charge is 2.30. The van der Waals surface area contributed by atoms with Gasteiger partial charge < -0.3 is 4.57 Å². The zero-order valence-corrected chi connectivity index (χ0v) is 6.32. The van der Waals surface area contributed by atoms with E-state index in [0.29, 0.717) is 24.5 Å². The first-order valence-corrected chi connectivity index (χ1v) is 3.63. The molecule has 0 N–H and O–H groups in total. The number of Topliss-reactive ketones (excluding diaryl/α,β-unsaturated/α-hetero) is 1. The van der Waals surface area contributed by atoms with Gasteiger partial charge in [-0.25, -0.2) is 0 Å². The third kappa shape index (κ3) is 0.943. The van der Waals surface area contributed by atoms with Crippen LogP contribution >= 0.6 is 0 Å². The smallest absolute Gasteiger partial charge is 0.136 e. The molecule has 0 radical (unpaired) electrons. The Labute approximate surface area is 64.2 Å². The molecule has 11 heavy (non-hydrogen) atoms. The molecule has 0 bridgehead atoms. The number of rotatable bonds is 1. The molecule has 1 aliphatic carbocycles. The molecular weight excluding hydrogens is 142 g/mol. The van der Waals surface area contributed by atoms with Crippen LogP contribution in [0.5, 0.6) is 0 Å². The lowest BCUT2D eigenvalue weighted by Crippen LogP contribution is -2.23. The molecule has 0 atom stereocenters. The summed E-state index contributed by atoms with van der Waals surface area (Å²) in [6.45, 7) is 0. The first kappa shape index (κ1) is 6.52. The Morgan fingerprint density at radius 3 is 2.82 bits per heavy atom. The van der Waals surface area contributed by atoms with Crippen molar-refractivity contribution in [1.29, 1.82) is 0 Å². The molecule has 4 nitrogen and oxygen atoms in total. The normalized spacial score (nSPS) is 18.5. The van der Waals surface area contributed by atoms with E-state index in [1.54, 1.807) is 6.33 Å². The van der Waals surface area contributed by atoms with Crippen molar-refractivity contribution >= 4 is 5.78 Å². The van der Waals surface area contributed by atoms with Crippen LogP contribution in [-0.2, 0) is 11.8 Å². The summed E-state index contributed by atoms with van der Waals surface area (Å²) in [5.41, 5.74) is 0. The van der Waals surface area contributed by atoms with E-state index in [1.165, 1.54) is 0 Å². The van der Waals surface area contributed by atoms with E-state index in [2.05, 4.69) is 10.2 Å². The van der Waals surface area contributed by atoms with Crippen LogP contribution in [0.1, 0.15) is 24.6 Å². The number of hydrogen-bond donors (Lipinski definition) is 0. The van der Waals surface area contributed by atoms with Crippen LogP contribution in [-0.4, -0.2) is 20.5 Å². The number of hydrogen-bond acceptors (Lipinski definition) is 3. The number of nitrogens with zero attached hydrogens (tertiary/aromatic N) is 3. The Hall–Kier alpha value is -1.19. The summed E-state index contributed by atoms with van der Waals surface area (Å²) in [6.07, 6.45) is 2.96. The molecule has 1 saturated carbocycles. The Balaban J connectivity index is 2.18. The van der Waals surface area contributed by atoms with Crippen LogP contribution in [0, 0.1) is 0 Å². The van der Waals surface area contributed by atoms with Crippen LogP contribution in [0.15, 0.2) is 6.33 Å². The molecule has 2 rings (SSSR count). The summed E-state index contributed by atoms with van der Waals surface area (Å²) in [5.74, 6) is 1.60. The van der Waals surface area contributed by atoms with Crippen LogP contribution in [0.2, 0.25) is 0 Å². The maximum Gasteiger partial charge on any atom is 0.136 e. The Morgan fingerprint density at radius 2 is 2.36 bits per heavy atom. The van der Waals surface area contributed by atoms with Gasteiger partial charge in [-0.1, -0.05) is 0 Å². The van der Waals surface area contributed by atoms with E-state index in [4.69, 9.17) is 0 Å². The summed E-state index contributed by atoms with van der Waals surface area (Å²) in [7, 11) is 1.90. The highest BCUT2D eigenvalue weighted by molar-refractivity contribution is 5.86. The van der Waals surface area contributed by atoms with E-state index in [9.17, 15) is 4.79 Å². The zero-order valence-electron chi connectivity index (χ0n) is 6.32. The number of aryl methyl sites for hydroxylation is 1. The maximum absolute atomic E-state index is 10.7. The van der Waals surface area contributed by atoms with Crippen molar-refractivity contribution in [3.8, 4) is 0 Å². The van der Waals surface area contributed by atoms with Gasteiger partial charge in [0.2, 0.25) is 0 Å². The fourth-order valence-corrected chi connectivity index (χ4v) is 1.33. The van der Waals surface area contributed by atoms with Crippen LogP contribution in [0.4, 0.5) is 0 Å². The summed E-state index contributed by atoms with van der Waals surface area (Å²) in [5, 5.41) is 7.68. The minimum absolute atomic E-state index is 0.329. The molecule has 58 valence electrons. The van der Waals surface area contributed by atoms with Crippen LogP contribution in [0.3, 0.4) is 0 Å². The minimum Gasteiger partial charge on any atom is -0.320 e. The highest BCUT2D eigenvalue weighted by atomic mass is 16.1. The topological polar surface area (TPSA) is 47.8 Å². The minimum atomic E-state index is 0.329. The number of aromatic nitrogens is 3. The van der Waals surface area contributed by atoms with Crippen molar-refractivity contribution in [3.05, 3.63) is 12.2 Å². The second-order valence-corrected chi connectivity index (χ2v) is 2.94. The lowest BCUT2D eigenvalue weighted by molar-refractivity contribution is -0.124. The summed E-state index contributed by atoms with van der Waals surface area (Å²) in [4.78, 5) is 10.7. The predicted molar refractivity (Wildman–Crippen MR) is 38.0 cm³/mol. The van der Waals surface area contributed by atoms with Gasteiger partial charge in [-0.15, -0.1) is 10.2 Å². The molecule has 4 heteroatoms.